The van der Waals surface area contributed by atoms with Gasteiger partial charge in [0.1, 0.15) is 0 Å². The van der Waals surface area contributed by atoms with Crippen LogP contribution in [0.1, 0.15) is 0 Å². The SMILES string of the molecule is Nc1oncc1-c1ccc(O)c(F)c1. The number of aromatic hydroxyl groups is 1. The molecule has 1 aromatic heterocycles. The molecule has 0 amide bonds. The molecule has 0 saturated heterocycles. The third kappa shape index (κ3) is 1.28. The predicted octanol–water partition coefficient (Wildman–Crippen LogP) is 1.77. The first-order valence-electron chi connectivity index (χ1n) is 3.87. The lowest BCUT2D eigenvalue weighted by Gasteiger charge is -1.99. The van der Waals surface area contributed by atoms with Gasteiger partial charge in [-0.3, -0.25) is 0 Å². The Balaban J connectivity index is 2.53. The normalized spacial score (nSPS) is 10.4. The largest absolute Gasteiger partial charge is 0.505 e. The molecule has 0 saturated carbocycles. The van der Waals surface area contributed by atoms with Gasteiger partial charge in [-0.1, -0.05) is 11.2 Å². The molecule has 3 N–H and O–H groups in total. The molecule has 0 bridgehead atoms. The van der Waals surface area contributed by atoms with Crippen LogP contribution in [0.5, 0.6) is 5.75 Å². The smallest absolute Gasteiger partial charge is 0.229 e. The van der Waals surface area contributed by atoms with Gasteiger partial charge in [0.25, 0.3) is 0 Å². The van der Waals surface area contributed by atoms with Crippen LogP contribution in [0.2, 0.25) is 0 Å². The molecule has 0 aliphatic carbocycles. The van der Waals surface area contributed by atoms with Crippen molar-refractivity contribution in [2.45, 2.75) is 0 Å². The number of benzene rings is 1. The van der Waals surface area contributed by atoms with Crippen molar-refractivity contribution in [2.24, 2.45) is 0 Å². The quantitative estimate of drug-likeness (QED) is 0.725. The number of hydrogen-bond donors (Lipinski definition) is 2. The molecule has 4 nitrogen and oxygen atoms in total. The average Bonchev–Trinajstić information content (AvgIpc) is 2.57. The summed E-state index contributed by atoms with van der Waals surface area (Å²) >= 11 is 0. The Morgan fingerprint density at radius 2 is 2.21 bits per heavy atom. The van der Waals surface area contributed by atoms with Crippen molar-refractivity contribution in [3.05, 3.63) is 30.2 Å². The molecule has 1 heterocycles. The van der Waals surface area contributed by atoms with Gasteiger partial charge in [0, 0.05) is 0 Å². The third-order valence-corrected chi connectivity index (χ3v) is 1.86. The van der Waals surface area contributed by atoms with E-state index in [-0.39, 0.29) is 5.88 Å². The first-order valence-corrected chi connectivity index (χ1v) is 3.87. The maximum absolute atomic E-state index is 13.0. The second kappa shape index (κ2) is 3.02. The fourth-order valence-electron chi connectivity index (χ4n) is 1.14. The van der Waals surface area contributed by atoms with E-state index >= 15 is 0 Å². The molecule has 0 spiro atoms. The molecule has 5 heteroatoms. The van der Waals surface area contributed by atoms with E-state index in [2.05, 4.69) is 9.68 Å². The topological polar surface area (TPSA) is 72.3 Å². The summed E-state index contributed by atoms with van der Waals surface area (Å²) in [6, 6.07) is 3.94. The Morgan fingerprint density at radius 1 is 1.43 bits per heavy atom. The van der Waals surface area contributed by atoms with Crippen molar-refractivity contribution < 1.29 is 14.0 Å². The fraction of sp³-hybridized carbons (Fsp3) is 0. The van der Waals surface area contributed by atoms with Crippen molar-refractivity contribution in [1.29, 1.82) is 0 Å². The van der Waals surface area contributed by atoms with Gasteiger partial charge in [-0.2, -0.15) is 0 Å². The van der Waals surface area contributed by atoms with Gasteiger partial charge < -0.3 is 15.4 Å². The highest BCUT2D eigenvalue weighted by Gasteiger charge is 2.09. The third-order valence-electron chi connectivity index (χ3n) is 1.86. The minimum atomic E-state index is -0.705. The maximum Gasteiger partial charge on any atom is 0.229 e. The number of phenols is 1. The highest BCUT2D eigenvalue weighted by Crippen LogP contribution is 2.28. The van der Waals surface area contributed by atoms with Gasteiger partial charge in [-0.25, -0.2) is 4.39 Å². The number of anilines is 1. The molecular formula is C9H7FN2O2. The number of nitrogen functional groups attached to an aromatic ring is 1. The highest BCUT2D eigenvalue weighted by atomic mass is 19.1. The van der Waals surface area contributed by atoms with E-state index in [1.54, 1.807) is 0 Å². The minimum absolute atomic E-state index is 0.120. The van der Waals surface area contributed by atoms with Crippen LogP contribution < -0.4 is 5.73 Å². The number of aromatic nitrogens is 1. The van der Waals surface area contributed by atoms with E-state index in [0.29, 0.717) is 11.1 Å². The second-order valence-electron chi connectivity index (χ2n) is 2.77. The molecule has 1 aromatic carbocycles. The van der Waals surface area contributed by atoms with Crippen LogP contribution in [-0.2, 0) is 0 Å². The summed E-state index contributed by atoms with van der Waals surface area (Å²) in [7, 11) is 0. The number of hydrogen-bond acceptors (Lipinski definition) is 4. The number of halogens is 1. The number of phenolic OH excluding ortho intramolecular Hbond substituents is 1. The Morgan fingerprint density at radius 3 is 2.79 bits per heavy atom. The van der Waals surface area contributed by atoms with Crippen LogP contribution in [0.25, 0.3) is 11.1 Å². The van der Waals surface area contributed by atoms with Crippen molar-refractivity contribution in [3.63, 3.8) is 0 Å². The van der Waals surface area contributed by atoms with Crippen LogP contribution in [0.15, 0.2) is 28.9 Å². The summed E-state index contributed by atoms with van der Waals surface area (Å²) in [6.07, 6.45) is 1.39. The van der Waals surface area contributed by atoms with Crippen molar-refractivity contribution >= 4 is 5.88 Å². The fourth-order valence-corrected chi connectivity index (χ4v) is 1.14. The Bertz CT molecular complexity index is 468. The summed E-state index contributed by atoms with van der Waals surface area (Å²) < 4.78 is 17.6. The van der Waals surface area contributed by atoms with Crippen molar-refractivity contribution in [3.8, 4) is 16.9 Å². The molecule has 0 aliphatic heterocycles. The van der Waals surface area contributed by atoms with Gasteiger partial charge in [0.2, 0.25) is 5.88 Å². The lowest BCUT2D eigenvalue weighted by molar-refractivity contribution is 0.432. The molecule has 2 rings (SSSR count). The summed E-state index contributed by atoms with van der Waals surface area (Å²) in [4.78, 5) is 0. The molecule has 0 atom stereocenters. The summed E-state index contributed by atoms with van der Waals surface area (Å²) in [5, 5.41) is 12.4. The Labute approximate surface area is 78.8 Å². The second-order valence-corrected chi connectivity index (χ2v) is 2.77. The van der Waals surface area contributed by atoms with E-state index in [4.69, 9.17) is 10.8 Å². The number of nitrogens with two attached hydrogens (primary N) is 1. The first kappa shape index (κ1) is 8.55. The molecule has 14 heavy (non-hydrogen) atoms. The average molecular weight is 194 g/mol. The van der Waals surface area contributed by atoms with E-state index in [9.17, 15) is 4.39 Å². The van der Waals surface area contributed by atoms with Crippen LogP contribution in [0, 0.1) is 5.82 Å². The summed E-state index contributed by atoms with van der Waals surface area (Å²) in [5.74, 6) is -0.984. The molecule has 2 aromatic rings. The van der Waals surface area contributed by atoms with Gasteiger partial charge in [0.15, 0.2) is 11.6 Å². The predicted molar refractivity (Wildman–Crippen MR) is 48.0 cm³/mol. The molecule has 0 fully saturated rings. The van der Waals surface area contributed by atoms with Gasteiger partial charge in [-0.05, 0) is 17.7 Å². The van der Waals surface area contributed by atoms with E-state index in [1.807, 2.05) is 0 Å². The van der Waals surface area contributed by atoms with Gasteiger partial charge >= 0.3 is 0 Å². The van der Waals surface area contributed by atoms with Crippen LogP contribution in [0.4, 0.5) is 10.3 Å². The standard InChI is InChI=1S/C9H7FN2O2/c10-7-3-5(1-2-8(7)13)6-4-12-14-9(6)11/h1-4,13H,11H2. The molecule has 0 aliphatic rings. The molecule has 0 radical (unpaired) electrons. The van der Waals surface area contributed by atoms with Crippen LogP contribution in [-0.4, -0.2) is 10.3 Å². The summed E-state index contributed by atoms with van der Waals surface area (Å²) in [5.41, 5.74) is 6.46. The van der Waals surface area contributed by atoms with Crippen LogP contribution in [0.3, 0.4) is 0 Å². The van der Waals surface area contributed by atoms with E-state index in [0.717, 1.165) is 6.07 Å². The zero-order chi connectivity index (χ0) is 10.1. The Hall–Kier alpha value is -2.04. The lowest BCUT2D eigenvalue weighted by Crippen LogP contribution is -1.85. The zero-order valence-corrected chi connectivity index (χ0v) is 7.07. The monoisotopic (exact) mass is 194 g/mol. The molecular weight excluding hydrogens is 187 g/mol. The van der Waals surface area contributed by atoms with Crippen molar-refractivity contribution in [2.75, 3.05) is 5.73 Å². The van der Waals surface area contributed by atoms with Crippen LogP contribution >= 0.6 is 0 Å². The Kier molecular flexibility index (Phi) is 1.85. The molecule has 72 valence electrons. The number of nitrogens with zero attached hydrogens (tertiary/aromatic N) is 1. The van der Waals surface area contributed by atoms with E-state index in [1.165, 1.54) is 18.3 Å². The lowest BCUT2D eigenvalue weighted by atomic mass is 10.1. The molecule has 0 unspecified atom stereocenters. The minimum Gasteiger partial charge on any atom is -0.505 e. The summed E-state index contributed by atoms with van der Waals surface area (Å²) in [6.45, 7) is 0. The first-order chi connectivity index (χ1) is 6.68. The van der Waals surface area contributed by atoms with Crippen molar-refractivity contribution in [1.82, 2.24) is 5.16 Å². The van der Waals surface area contributed by atoms with Gasteiger partial charge in [0.05, 0.1) is 11.8 Å². The highest BCUT2D eigenvalue weighted by molar-refractivity contribution is 5.72. The van der Waals surface area contributed by atoms with Gasteiger partial charge in [-0.15, -0.1) is 0 Å². The maximum atomic E-state index is 13.0. The van der Waals surface area contributed by atoms with E-state index < -0.39 is 11.6 Å². The zero-order valence-electron chi connectivity index (χ0n) is 7.07. The number of rotatable bonds is 1.